The second-order valence-corrected chi connectivity index (χ2v) is 3.33. The molecule has 1 aromatic carbocycles. The molecule has 0 aliphatic rings. The van der Waals surface area contributed by atoms with Crippen molar-refractivity contribution in [2.45, 2.75) is 12.8 Å². The highest BCUT2D eigenvalue weighted by atomic mass is 16.2. The van der Waals surface area contributed by atoms with Crippen LogP contribution in [0.1, 0.15) is 12.2 Å². The summed E-state index contributed by atoms with van der Waals surface area (Å²) >= 11 is 0. The summed E-state index contributed by atoms with van der Waals surface area (Å²) in [5, 5.41) is 24.6. The van der Waals surface area contributed by atoms with E-state index < -0.39 is 0 Å². The van der Waals surface area contributed by atoms with Crippen LogP contribution in [-0.4, -0.2) is 32.1 Å². The lowest BCUT2D eigenvalue weighted by atomic mass is 10.2. The number of rotatable bonds is 4. The van der Waals surface area contributed by atoms with Crippen LogP contribution in [0.15, 0.2) is 30.3 Å². The molecule has 0 aliphatic carbocycles. The van der Waals surface area contributed by atoms with Crippen molar-refractivity contribution in [2.75, 3.05) is 6.61 Å². The summed E-state index contributed by atoms with van der Waals surface area (Å²) in [5.74, 6) is 1.09. The zero-order chi connectivity index (χ0) is 11.2. The molecular weight excluding hydrogens is 204 g/mol. The van der Waals surface area contributed by atoms with Gasteiger partial charge in [0.2, 0.25) is 5.82 Å². The van der Waals surface area contributed by atoms with Crippen molar-refractivity contribution >= 4 is 0 Å². The van der Waals surface area contributed by atoms with Crippen molar-refractivity contribution < 1.29 is 5.11 Å². The van der Waals surface area contributed by atoms with Crippen LogP contribution in [0.25, 0.3) is 11.4 Å². The minimum Gasteiger partial charge on any atom is -0.396 e. The molecule has 0 saturated heterocycles. The summed E-state index contributed by atoms with van der Waals surface area (Å²) in [6.07, 6.45) is 1.24. The summed E-state index contributed by atoms with van der Waals surface area (Å²) < 4.78 is 0. The van der Waals surface area contributed by atoms with E-state index in [2.05, 4.69) is 20.4 Å². The Bertz CT molecular complexity index is 429. The van der Waals surface area contributed by atoms with Crippen LogP contribution in [0.4, 0.5) is 0 Å². The van der Waals surface area contributed by atoms with E-state index in [4.69, 9.17) is 5.11 Å². The number of nitrogens with zero attached hydrogens (tertiary/aromatic N) is 4. The molecule has 5 nitrogen and oxygen atoms in total. The average Bonchev–Trinajstić information content (AvgIpc) is 2.38. The highest BCUT2D eigenvalue weighted by Gasteiger charge is 2.03. The molecule has 2 rings (SSSR count). The molecule has 0 amide bonds. The van der Waals surface area contributed by atoms with E-state index in [0.29, 0.717) is 24.5 Å². The standard InChI is InChI=1S/C11H12N4O/c16-8-4-7-10-12-14-11(15-13-10)9-5-2-1-3-6-9/h1-3,5-6,16H,4,7-8H2. The van der Waals surface area contributed by atoms with E-state index in [-0.39, 0.29) is 6.61 Å². The third-order valence-electron chi connectivity index (χ3n) is 2.11. The minimum absolute atomic E-state index is 0.129. The Morgan fingerprint density at radius 1 is 0.938 bits per heavy atom. The van der Waals surface area contributed by atoms with Crippen molar-refractivity contribution in [1.82, 2.24) is 20.4 Å². The lowest BCUT2D eigenvalue weighted by Gasteiger charge is -1.99. The van der Waals surface area contributed by atoms with Crippen LogP contribution in [0.2, 0.25) is 0 Å². The molecule has 82 valence electrons. The van der Waals surface area contributed by atoms with E-state index >= 15 is 0 Å². The Hall–Kier alpha value is -1.88. The van der Waals surface area contributed by atoms with E-state index in [1.165, 1.54) is 0 Å². The zero-order valence-electron chi connectivity index (χ0n) is 8.74. The SMILES string of the molecule is OCCCc1nnc(-c2ccccc2)nn1. The fraction of sp³-hybridized carbons (Fsp3) is 0.273. The van der Waals surface area contributed by atoms with E-state index in [1.807, 2.05) is 30.3 Å². The molecular formula is C11H12N4O. The van der Waals surface area contributed by atoms with Crippen molar-refractivity contribution in [1.29, 1.82) is 0 Å². The molecule has 1 aromatic heterocycles. The molecule has 0 aliphatic heterocycles. The molecule has 5 heteroatoms. The van der Waals surface area contributed by atoms with Gasteiger partial charge in [0.1, 0.15) is 0 Å². The molecule has 2 aromatic rings. The average molecular weight is 216 g/mol. The summed E-state index contributed by atoms with van der Waals surface area (Å²) in [6, 6.07) is 9.58. The number of aryl methyl sites for hydroxylation is 1. The van der Waals surface area contributed by atoms with Gasteiger partial charge in [-0.2, -0.15) is 0 Å². The van der Waals surface area contributed by atoms with Gasteiger partial charge in [0.15, 0.2) is 5.82 Å². The van der Waals surface area contributed by atoms with Crippen LogP contribution in [0.3, 0.4) is 0 Å². The fourth-order valence-electron chi connectivity index (χ4n) is 1.29. The molecule has 0 bridgehead atoms. The molecule has 0 fully saturated rings. The maximum atomic E-state index is 8.66. The monoisotopic (exact) mass is 216 g/mol. The number of hydrogen-bond donors (Lipinski definition) is 1. The Morgan fingerprint density at radius 3 is 2.25 bits per heavy atom. The van der Waals surface area contributed by atoms with Gasteiger partial charge < -0.3 is 5.11 Å². The van der Waals surface area contributed by atoms with Crippen LogP contribution in [0, 0.1) is 0 Å². The second-order valence-electron chi connectivity index (χ2n) is 3.33. The largest absolute Gasteiger partial charge is 0.396 e. The Kier molecular flexibility index (Phi) is 3.50. The van der Waals surface area contributed by atoms with Crippen LogP contribution in [-0.2, 0) is 6.42 Å². The topological polar surface area (TPSA) is 71.8 Å². The first-order valence-electron chi connectivity index (χ1n) is 5.12. The molecule has 1 N–H and O–H groups in total. The van der Waals surface area contributed by atoms with Gasteiger partial charge in [0.25, 0.3) is 0 Å². The number of aliphatic hydroxyl groups excluding tert-OH is 1. The lowest BCUT2D eigenvalue weighted by Crippen LogP contribution is -2.03. The quantitative estimate of drug-likeness (QED) is 0.820. The van der Waals surface area contributed by atoms with Crippen LogP contribution < -0.4 is 0 Å². The predicted octanol–water partition coefficient (Wildman–Crippen LogP) is 0.858. The maximum Gasteiger partial charge on any atom is 0.203 e. The summed E-state index contributed by atoms with van der Waals surface area (Å²) in [5.41, 5.74) is 0.899. The maximum absolute atomic E-state index is 8.66. The van der Waals surface area contributed by atoms with Gasteiger partial charge >= 0.3 is 0 Å². The fourth-order valence-corrected chi connectivity index (χ4v) is 1.29. The summed E-state index contributed by atoms with van der Waals surface area (Å²) in [4.78, 5) is 0. The molecule has 0 saturated carbocycles. The van der Waals surface area contributed by atoms with Crippen molar-refractivity contribution in [3.63, 3.8) is 0 Å². The Balaban J connectivity index is 2.13. The summed E-state index contributed by atoms with van der Waals surface area (Å²) in [6.45, 7) is 0.129. The van der Waals surface area contributed by atoms with Crippen LogP contribution >= 0.6 is 0 Å². The highest BCUT2D eigenvalue weighted by Crippen LogP contribution is 2.11. The molecule has 0 atom stereocenters. The van der Waals surface area contributed by atoms with Gasteiger partial charge in [0.05, 0.1) is 0 Å². The minimum atomic E-state index is 0.129. The molecule has 16 heavy (non-hydrogen) atoms. The third kappa shape index (κ3) is 2.58. The Morgan fingerprint density at radius 2 is 1.62 bits per heavy atom. The normalized spacial score (nSPS) is 10.3. The van der Waals surface area contributed by atoms with Gasteiger partial charge in [-0.15, -0.1) is 20.4 Å². The Labute approximate surface area is 93.2 Å². The molecule has 0 unspecified atom stereocenters. The lowest BCUT2D eigenvalue weighted by molar-refractivity contribution is 0.287. The summed E-state index contributed by atoms with van der Waals surface area (Å²) in [7, 11) is 0. The van der Waals surface area contributed by atoms with Gasteiger partial charge in [-0.25, -0.2) is 0 Å². The van der Waals surface area contributed by atoms with E-state index in [9.17, 15) is 0 Å². The van der Waals surface area contributed by atoms with Crippen LogP contribution in [0.5, 0.6) is 0 Å². The zero-order valence-corrected chi connectivity index (χ0v) is 8.74. The van der Waals surface area contributed by atoms with Gasteiger partial charge in [0, 0.05) is 18.6 Å². The van der Waals surface area contributed by atoms with E-state index in [1.54, 1.807) is 0 Å². The van der Waals surface area contributed by atoms with E-state index in [0.717, 1.165) is 5.56 Å². The first-order chi connectivity index (χ1) is 7.90. The first-order valence-corrected chi connectivity index (χ1v) is 5.12. The highest BCUT2D eigenvalue weighted by molar-refractivity contribution is 5.52. The van der Waals surface area contributed by atoms with Crippen molar-refractivity contribution in [3.8, 4) is 11.4 Å². The van der Waals surface area contributed by atoms with Crippen molar-refractivity contribution in [3.05, 3.63) is 36.2 Å². The van der Waals surface area contributed by atoms with Crippen molar-refractivity contribution in [2.24, 2.45) is 0 Å². The third-order valence-corrected chi connectivity index (χ3v) is 2.11. The number of aliphatic hydroxyl groups is 1. The van der Waals surface area contributed by atoms with Gasteiger partial charge in [-0.3, -0.25) is 0 Å². The molecule has 0 radical (unpaired) electrons. The predicted molar refractivity (Wildman–Crippen MR) is 58.5 cm³/mol. The number of hydrogen-bond acceptors (Lipinski definition) is 5. The first kappa shape index (κ1) is 10.6. The number of benzene rings is 1. The number of aromatic nitrogens is 4. The smallest absolute Gasteiger partial charge is 0.203 e. The van der Waals surface area contributed by atoms with Gasteiger partial charge in [-0.1, -0.05) is 30.3 Å². The van der Waals surface area contributed by atoms with Gasteiger partial charge in [-0.05, 0) is 6.42 Å². The molecule has 0 spiro atoms. The molecule has 1 heterocycles. The second kappa shape index (κ2) is 5.27.